The second-order valence-electron chi connectivity index (χ2n) is 7.84. The third-order valence-corrected chi connectivity index (χ3v) is 8.25. The fourth-order valence-corrected chi connectivity index (χ4v) is 5.53. The number of carbonyl (C=O) groups excluding carboxylic acids is 1. The van der Waals surface area contributed by atoms with Crippen LogP contribution in [0.2, 0.25) is 10.0 Å². The number of halogens is 2. The molecule has 29 heavy (non-hydrogen) atoms. The fraction of sp³-hybridized carbons (Fsp3) is 0.667. The van der Waals surface area contributed by atoms with E-state index in [1.807, 2.05) is 0 Å². The Hall–Kier alpha value is -0.820. The van der Waals surface area contributed by atoms with Crippen molar-refractivity contribution < 1.29 is 13.2 Å². The Labute approximate surface area is 185 Å². The Balaban J connectivity index is 1.84. The van der Waals surface area contributed by atoms with E-state index in [9.17, 15) is 13.2 Å². The molecule has 1 aliphatic heterocycles. The lowest BCUT2D eigenvalue weighted by atomic mass is 9.95. The molecule has 0 aliphatic carbocycles. The van der Waals surface area contributed by atoms with Crippen LogP contribution in [-0.2, 0) is 20.6 Å². The van der Waals surface area contributed by atoms with Crippen LogP contribution in [0.5, 0.6) is 0 Å². The first-order chi connectivity index (χ1) is 13.8. The van der Waals surface area contributed by atoms with Crippen LogP contribution < -0.4 is 5.32 Å². The lowest BCUT2D eigenvalue weighted by molar-refractivity contribution is -0.126. The van der Waals surface area contributed by atoms with E-state index in [4.69, 9.17) is 23.2 Å². The molecule has 0 radical (unpaired) electrons. The van der Waals surface area contributed by atoms with Crippen molar-refractivity contribution in [1.82, 2.24) is 9.62 Å². The number of piperidine rings is 1. The number of nitrogens with one attached hydrogen (secondary N) is 1. The highest BCUT2D eigenvalue weighted by Gasteiger charge is 2.31. The monoisotopic (exact) mass is 462 g/mol. The van der Waals surface area contributed by atoms with E-state index < -0.39 is 10.0 Å². The zero-order chi connectivity index (χ0) is 21.4. The van der Waals surface area contributed by atoms with Crippen molar-refractivity contribution in [2.45, 2.75) is 58.1 Å². The minimum atomic E-state index is -3.46. The van der Waals surface area contributed by atoms with Crippen molar-refractivity contribution in [3.8, 4) is 0 Å². The van der Waals surface area contributed by atoms with E-state index >= 15 is 0 Å². The molecule has 164 valence electrons. The summed E-state index contributed by atoms with van der Waals surface area (Å²) in [6.07, 6.45) is 5.66. The first-order valence-corrected chi connectivity index (χ1v) is 12.8. The summed E-state index contributed by atoms with van der Waals surface area (Å²) in [6, 6.07) is 4.87. The Kier molecular flexibility index (Phi) is 9.73. The maximum atomic E-state index is 12.7. The molecular weight excluding hydrogens is 431 g/mol. The SMILES string of the molecule is CCCCC(CC)CNC(=O)C1CCN(S(=O)(=O)Cc2ccc(Cl)c(Cl)c2)CC1. The predicted octanol–water partition coefficient (Wildman–Crippen LogP) is 4.87. The van der Waals surface area contributed by atoms with Crippen LogP contribution in [0.1, 0.15) is 57.9 Å². The number of amides is 1. The normalized spacial score (nSPS) is 17.2. The number of carbonyl (C=O) groups is 1. The van der Waals surface area contributed by atoms with E-state index in [2.05, 4.69) is 19.2 Å². The van der Waals surface area contributed by atoms with E-state index in [1.165, 1.54) is 17.1 Å². The van der Waals surface area contributed by atoms with Crippen molar-refractivity contribution in [2.24, 2.45) is 11.8 Å². The first kappa shape index (κ1) is 24.4. The van der Waals surface area contributed by atoms with Gasteiger partial charge in [0.25, 0.3) is 0 Å². The van der Waals surface area contributed by atoms with Gasteiger partial charge in [-0.2, -0.15) is 0 Å². The van der Waals surface area contributed by atoms with Gasteiger partial charge in [0.05, 0.1) is 15.8 Å². The molecule has 1 amide bonds. The minimum Gasteiger partial charge on any atom is -0.356 e. The number of rotatable bonds is 10. The van der Waals surface area contributed by atoms with Crippen LogP contribution in [-0.4, -0.2) is 38.3 Å². The van der Waals surface area contributed by atoms with E-state index in [1.54, 1.807) is 18.2 Å². The second kappa shape index (κ2) is 11.5. The van der Waals surface area contributed by atoms with Gasteiger partial charge in [-0.05, 0) is 42.9 Å². The van der Waals surface area contributed by atoms with Gasteiger partial charge in [-0.1, -0.05) is 62.4 Å². The largest absolute Gasteiger partial charge is 0.356 e. The molecule has 0 saturated carbocycles. The topological polar surface area (TPSA) is 66.5 Å². The molecule has 1 aliphatic rings. The molecule has 1 N–H and O–H groups in total. The Bertz CT molecular complexity index is 778. The highest BCUT2D eigenvalue weighted by molar-refractivity contribution is 7.88. The van der Waals surface area contributed by atoms with Gasteiger partial charge in [-0.25, -0.2) is 12.7 Å². The van der Waals surface area contributed by atoms with Crippen molar-refractivity contribution in [1.29, 1.82) is 0 Å². The molecule has 1 fully saturated rings. The van der Waals surface area contributed by atoms with Gasteiger partial charge in [-0.15, -0.1) is 0 Å². The summed E-state index contributed by atoms with van der Waals surface area (Å²) >= 11 is 11.9. The molecule has 0 spiro atoms. The summed E-state index contributed by atoms with van der Waals surface area (Å²) in [6.45, 7) is 5.78. The third-order valence-electron chi connectivity index (χ3n) is 5.66. The Morgan fingerprint density at radius 2 is 1.90 bits per heavy atom. The fourth-order valence-electron chi connectivity index (χ4n) is 3.66. The maximum absolute atomic E-state index is 12.7. The smallest absolute Gasteiger partial charge is 0.223 e. The zero-order valence-electron chi connectivity index (χ0n) is 17.3. The van der Waals surface area contributed by atoms with Gasteiger partial charge in [-0.3, -0.25) is 4.79 Å². The molecule has 0 aromatic heterocycles. The van der Waals surface area contributed by atoms with Crippen LogP contribution in [0.25, 0.3) is 0 Å². The van der Waals surface area contributed by atoms with Crippen LogP contribution in [0, 0.1) is 11.8 Å². The molecule has 1 atom stereocenters. The van der Waals surface area contributed by atoms with Crippen molar-refractivity contribution in [3.05, 3.63) is 33.8 Å². The molecule has 1 aromatic carbocycles. The predicted molar refractivity (Wildman–Crippen MR) is 120 cm³/mol. The van der Waals surface area contributed by atoms with Gasteiger partial charge in [0.1, 0.15) is 0 Å². The molecular formula is C21H32Cl2N2O3S. The number of hydrogen-bond donors (Lipinski definition) is 1. The zero-order valence-corrected chi connectivity index (χ0v) is 19.6. The lowest BCUT2D eigenvalue weighted by Crippen LogP contribution is -2.44. The molecule has 1 aromatic rings. The Morgan fingerprint density at radius 1 is 1.21 bits per heavy atom. The molecule has 2 rings (SSSR count). The molecule has 1 unspecified atom stereocenters. The van der Waals surface area contributed by atoms with Crippen LogP contribution >= 0.6 is 23.2 Å². The minimum absolute atomic E-state index is 0.0569. The summed E-state index contributed by atoms with van der Waals surface area (Å²) in [5.41, 5.74) is 0.608. The van der Waals surface area contributed by atoms with Crippen LogP contribution in [0.15, 0.2) is 18.2 Å². The summed E-state index contributed by atoms with van der Waals surface area (Å²) in [5.74, 6) is 0.346. The molecule has 0 bridgehead atoms. The average Bonchev–Trinajstić information content (AvgIpc) is 2.70. The van der Waals surface area contributed by atoms with Crippen LogP contribution in [0.4, 0.5) is 0 Å². The van der Waals surface area contributed by atoms with Crippen molar-refractivity contribution >= 4 is 39.1 Å². The number of benzene rings is 1. The highest BCUT2D eigenvalue weighted by Crippen LogP contribution is 2.26. The number of hydrogen-bond acceptors (Lipinski definition) is 3. The summed E-state index contributed by atoms with van der Waals surface area (Å²) in [5, 5.41) is 3.83. The number of nitrogens with zero attached hydrogens (tertiary/aromatic N) is 1. The molecule has 1 heterocycles. The summed E-state index contributed by atoms with van der Waals surface area (Å²) in [4.78, 5) is 12.5. The number of sulfonamides is 1. The van der Waals surface area contributed by atoms with Gasteiger partial charge >= 0.3 is 0 Å². The molecule has 5 nitrogen and oxygen atoms in total. The first-order valence-electron chi connectivity index (χ1n) is 10.5. The summed E-state index contributed by atoms with van der Waals surface area (Å²) < 4.78 is 26.9. The number of unbranched alkanes of at least 4 members (excludes halogenated alkanes) is 1. The van der Waals surface area contributed by atoms with E-state index in [0.717, 1.165) is 12.8 Å². The van der Waals surface area contributed by atoms with E-state index in [0.29, 0.717) is 54.0 Å². The third kappa shape index (κ3) is 7.42. The van der Waals surface area contributed by atoms with Gasteiger partial charge in [0.2, 0.25) is 15.9 Å². The Morgan fingerprint density at radius 3 is 2.48 bits per heavy atom. The van der Waals surface area contributed by atoms with Crippen molar-refractivity contribution in [3.63, 3.8) is 0 Å². The molecule has 8 heteroatoms. The summed E-state index contributed by atoms with van der Waals surface area (Å²) in [7, 11) is -3.46. The lowest BCUT2D eigenvalue weighted by Gasteiger charge is -2.31. The van der Waals surface area contributed by atoms with Crippen LogP contribution in [0.3, 0.4) is 0 Å². The quantitative estimate of drug-likeness (QED) is 0.539. The van der Waals surface area contributed by atoms with E-state index in [-0.39, 0.29) is 17.6 Å². The van der Waals surface area contributed by atoms with Gasteiger partial charge in [0.15, 0.2) is 0 Å². The standard InChI is InChI=1S/C21H32Cl2N2O3S/c1-3-5-6-16(4-2)14-24-21(26)18-9-11-25(12-10-18)29(27,28)15-17-7-8-19(22)20(23)13-17/h7-8,13,16,18H,3-6,9-12,14-15H2,1-2H3,(H,24,26). The maximum Gasteiger partial charge on any atom is 0.223 e. The highest BCUT2D eigenvalue weighted by atomic mass is 35.5. The van der Waals surface area contributed by atoms with Gasteiger partial charge in [0, 0.05) is 25.6 Å². The molecule has 1 saturated heterocycles. The van der Waals surface area contributed by atoms with Gasteiger partial charge < -0.3 is 5.32 Å². The average molecular weight is 463 g/mol. The second-order valence-corrected chi connectivity index (χ2v) is 10.6. The van der Waals surface area contributed by atoms with Crippen molar-refractivity contribution in [2.75, 3.05) is 19.6 Å².